The van der Waals surface area contributed by atoms with E-state index in [1.54, 1.807) is 0 Å². The second-order valence-electron chi connectivity index (χ2n) is 6.93. The van der Waals surface area contributed by atoms with E-state index in [1.165, 1.54) is 0 Å². The third-order valence-corrected chi connectivity index (χ3v) is 9.05. The summed E-state index contributed by atoms with van der Waals surface area (Å²) < 4.78 is 6.17. The van der Waals surface area contributed by atoms with Gasteiger partial charge in [-0.05, 0) is 37.4 Å². The van der Waals surface area contributed by atoms with Crippen molar-refractivity contribution in [2.45, 2.75) is 71.3 Å². The molecule has 0 amide bonds. The van der Waals surface area contributed by atoms with E-state index < -0.39 is 8.32 Å². The lowest BCUT2D eigenvalue weighted by Gasteiger charge is -2.37. The largest absolute Gasteiger partial charge is 0.417 e. The van der Waals surface area contributed by atoms with Gasteiger partial charge in [-0.2, -0.15) is 0 Å². The third kappa shape index (κ3) is 6.11. The molecule has 0 aliphatic heterocycles. The summed E-state index contributed by atoms with van der Waals surface area (Å²) in [5.74, 6) is 0.384. The zero-order valence-corrected chi connectivity index (χ0v) is 15.2. The average molecular weight is 293 g/mol. The molecular weight excluding hydrogens is 261 g/mol. The molecule has 0 saturated carbocycles. The second kappa shape index (κ2) is 7.35. The minimum Gasteiger partial charge on any atom is -0.417 e. The Kier molecular flexibility index (Phi) is 7.56. The van der Waals surface area contributed by atoms with Crippen molar-refractivity contribution >= 4 is 17.7 Å². The van der Waals surface area contributed by atoms with Gasteiger partial charge >= 0.3 is 0 Å². The maximum Gasteiger partial charge on any atom is 0.191 e. The normalized spacial score (nSPS) is 18.5. The Bertz CT molecular complexity index is 244. The van der Waals surface area contributed by atoms with Gasteiger partial charge < -0.3 is 9.53 Å². The molecule has 0 aliphatic rings. The molecule has 18 heavy (non-hydrogen) atoms. The van der Waals surface area contributed by atoms with Crippen LogP contribution >= 0.6 is 9.39 Å². The molecule has 5 heteroatoms. The molecule has 0 rings (SSSR count). The van der Waals surface area contributed by atoms with Gasteiger partial charge in [-0.1, -0.05) is 37.1 Å². The molecule has 0 aromatic rings. The topological polar surface area (TPSA) is 41.5 Å². The molecule has 0 spiro atoms. The van der Waals surface area contributed by atoms with Crippen LogP contribution in [0.15, 0.2) is 0 Å². The van der Waals surface area contributed by atoms with Crippen LogP contribution in [0.1, 0.15) is 41.0 Å². The molecule has 3 nitrogen and oxygen atoms in total. The summed E-state index contributed by atoms with van der Waals surface area (Å²) >= 11 is 0. The minimum atomic E-state index is -1.66. The van der Waals surface area contributed by atoms with Crippen molar-refractivity contribution in [3.8, 4) is 0 Å². The van der Waals surface area contributed by atoms with Gasteiger partial charge in [0.15, 0.2) is 8.32 Å². The number of aliphatic hydroxyl groups excluding tert-OH is 1. The van der Waals surface area contributed by atoms with Gasteiger partial charge in [0.1, 0.15) is 0 Å². The van der Waals surface area contributed by atoms with Crippen molar-refractivity contribution in [3.05, 3.63) is 0 Å². The van der Waals surface area contributed by atoms with Crippen molar-refractivity contribution in [2.75, 3.05) is 6.61 Å². The van der Waals surface area contributed by atoms with Crippen molar-refractivity contribution in [2.24, 2.45) is 5.92 Å². The first-order chi connectivity index (χ1) is 8.01. The zero-order valence-electron chi connectivity index (χ0n) is 13.1. The van der Waals surface area contributed by atoms with Crippen LogP contribution in [-0.4, -0.2) is 32.2 Å². The van der Waals surface area contributed by atoms with Gasteiger partial charge in [-0.15, -0.1) is 0 Å². The molecule has 4 atom stereocenters. The van der Waals surface area contributed by atoms with E-state index in [4.69, 9.17) is 4.43 Å². The van der Waals surface area contributed by atoms with E-state index in [0.29, 0.717) is 5.92 Å². The quantitative estimate of drug-likeness (QED) is 0.559. The Morgan fingerprint density at radius 1 is 1.28 bits per heavy atom. The summed E-state index contributed by atoms with van der Waals surface area (Å²) in [5.41, 5.74) is 0. The summed E-state index contributed by atoms with van der Waals surface area (Å²) in [6.07, 6.45) is 0.456. The molecular formula is C13H32NO2PSi. The Balaban J connectivity index is 4.15. The van der Waals surface area contributed by atoms with Crippen LogP contribution < -0.4 is 5.09 Å². The maximum atomic E-state index is 9.96. The summed E-state index contributed by atoms with van der Waals surface area (Å²) in [5, 5.41) is 13.2. The van der Waals surface area contributed by atoms with E-state index in [1.807, 2.05) is 6.92 Å². The predicted molar refractivity (Wildman–Crippen MR) is 85.2 cm³/mol. The summed E-state index contributed by atoms with van der Waals surface area (Å²) in [4.78, 5) is 0. The fourth-order valence-electron chi connectivity index (χ4n) is 1.36. The van der Waals surface area contributed by atoms with Gasteiger partial charge in [0, 0.05) is 12.6 Å². The molecule has 1 unspecified atom stereocenters. The average Bonchev–Trinajstić information content (AvgIpc) is 2.23. The number of hydrogen-bond acceptors (Lipinski definition) is 3. The third-order valence-electron chi connectivity index (χ3n) is 4.02. The molecule has 0 aliphatic carbocycles. The molecule has 110 valence electrons. The minimum absolute atomic E-state index is 0.102. The van der Waals surface area contributed by atoms with Crippen LogP contribution in [0.5, 0.6) is 0 Å². The van der Waals surface area contributed by atoms with Crippen LogP contribution in [0.3, 0.4) is 0 Å². The Morgan fingerprint density at radius 3 is 2.17 bits per heavy atom. The summed E-state index contributed by atoms with van der Waals surface area (Å²) in [6, 6.07) is 0.102. The van der Waals surface area contributed by atoms with Gasteiger partial charge in [0.05, 0.1) is 6.10 Å². The van der Waals surface area contributed by atoms with E-state index in [9.17, 15) is 5.11 Å². The maximum absolute atomic E-state index is 9.96. The zero-order chi connectivity index (χ0) is 14.6. The Labute approximate surface area is 116 Å². The SMILES string of the molecule is C[C@@H](CO[Si](C)(C)C(C)(C)C)C[C@H](O)[C@H](C)NP. The first-order valence-electron chi connectivity index (χ1n) is 6.79. The van der Waals surface area contributed by atoms with Crippen LogP contribution in [0.2, 0.25) is 18.1 Å². The van der Waals surface area contributed by atoms with Crippen LogP contribution in [0.4, 0.5) is 0 Å². The van der Waals surface area contributed by atoms with E-state index in [-0.39, 0.29) is 17.2 Å². The highest BCUT2D eigenvalue weighted by atomic mass is 31.0. The van der Waals surface area contributed by atoms with E-state index >= 15 is 0 Å². The van der Waals surface area contributed by atoms with Gasteiger partial charge in [0.25, 0.3) is 0 Å². The predicted octanol–water partition coefficient (Wildman–Crippen LogP) is 3.16. The molecule has 0 heterocycles. The fourth-order valence-corrected chi connectivity index (χ4v) is 2.72. The summed E-state index contributed by atoms with van der Waals surface area (Å²) in [6.45, 7) is 16.2. The first-order valence-corrected chi connectivity index (χ1v) is 10.3. The summed E-state index contributed by atoms with van der Waals surface area (Å²) in [7, 11) is 0.797. The van der Waals surface area contributed by atoms with E-state index in [0.717, 1.165) is 13.0 Å². The lowest BCUT2D eigenvalue weighted by Crippen LogP contribution is -2.42. The van der Waals surface area contributed by atoms with Crippen LogP contribution in [-0.2, 0) is 4.43 Å². The molecule has 0 saturated heterocycles. The highest BCUT2D eigenvalue weighted by Crippen LogP contribution is 2.36. The number of rotatable bonds is 7. The van der Waals surface area contributed by atoms with Crippen molar-refractivity contribution < 1.29 is 9.53 Å². The Hall–Kier alpha value is 0.527. The second-order valence-corrected chi connectivity index (χ2v) is 12.1. The Morgan fingerprint density at radius 2 is 1.78 bits per heavy atom. The molecule has 0 bridgehead atoms. The van der Waals surface area contributed by atoms with Crippen LogP contribution in [0, 0.1) is 5.92 Å². The van der Waals surface area contributed by atoms with Crippen molar-refractivity contribution in [1.29, 1.82) is 0 Å². The van der Waals surface area contributed by atoms with Gasteiger partial charge in [-0.3, -0.25) is 5.09 Å². The number of nitrogens with one attached hydrogen (secondary N) is 1. The lowest BCUT2D eigenvalue weighted by molar-refractivity contribution is 0.103. The molecule has 0 radical (unpaired) electrons. The smallest absolute Gasteiger partial charge is 0.191 e. The highest BCUT2D eigenvalue weighted by Gasteiger charge is 2.37. The van der Waals surface area contributed by atoms with Crippen molar-refractivity contribution in [3.63, 3.8) is 0 Å². The lowest BCUT2D eigenvalue weighted by atomic mass is 10.0. The fraction of sp³-hybridized carbons (Fsp3) is 1.00. The number of aliphatic hydroxyl groups is 1. The van der Waals surface area contributed by atoms with Crippen LogP contribution in [0.25, 0.3) is 0 Å². The monoisotopic (exact) mass is 293 g/mol. The molecule has 0 aromatic carbocycles. The van der Waals surface area contributed by atoms with Gasteiger partial charge in [0.2, 0.25) is 0 Å². The number of hydrogen-bond donors (Lipinski definition) is 2. The first kappa shape index (κ1) is 18.5. The van der Waals surface area contributed by atoms with E-state index in [2.05, 4.69) is 55.3 Å². The van der Waals surface area contributed by atoms with Crippen molar-refractivity contribution in [1.82, 2.24) is 5.09 Å². The highest BCUT2D eigenvalue weighted by molar-refractivity contribution is 7.13. The molecule has 0 fully saturated rings. The molecule has 2 N–H and O–H groups in total. The molecule has 0 aromatic heterocycles. The van der Waals surface area contributed by atoms with Gasteiger partial charge in [-0.25, -0.2) is 0 Å². The standard InChI is InChI=1S/C13H32NO2PSi/c1-10(8-12(15)11(2)14-17)9-16-18(6,7)13(3,4)5/h10-12,14-15H,8-9,17H2,1-7H3/t10-,11+,12+/m1/s1.